The van der Waals surface area contributed by atoms with Gasteiger partial charge in [0.25, 0.3) is 0 Å². The normalized spacial score (nSPS) is 10.7. The van der Waals surface area contributed by atoms with Gasteiger partial charge in [-0.25, -0.2) is 9.97 Å². The Morgan fingerprint density at radius 1 is 1.05 bits per heavy atom. The Morgan fingerprint density at radius 3 is 2.55 bits per heavy atom. The van der Waals surface area contributed by atoms with Crippen LogP contribution < -0.4 is 4.90 Å². The number of nitrogens with zero attached hydrogens (tertiary/aromatic N) is 3. The Kier molecular flexibility index (Phi) is 3.16. The first kappa shape index (κ1) is 12.7. The van der Waals surface area contributed by atoms with Crippen molar-refractivity contribution in [1.29, 1.82) is 0 Å². The first-order valence-corrected chi connectivity index (χ1v) is 6.46. The molecule has 5 heteroatoms. The van der Waals surface area contributed by atoms with Crippen molar-refractivity contribution in [2.45, 2.75) is 0 Å². The maximum Gasteiger partial charge on any atom is 0.144 e. The Morgan fingerprint density at radius 2 is 1.80 bits per heavy atom. The smallest absolute Gasteiger partial charge is 0.144 e. The maximum atomic E-state index is 9.35. The third-order valence-corrected chi connectivity index (χ3v) is 3.37. The van der Waals surface area contributed by atoms with Gasteiger partial charge in [0.2, 0.25) is 0 Å². The van der Waals surface area contributed by atoms with Crippen LogP contribution in [0.5, 0.6) is 5.75 Å². The number of halogens is 1. The fourth-order valence-electron chi connectivity index (χ4n) is 2.08. The maximum absolute atomic E-state index is 9.35. The summed E-state index contributed by atoms with van der Waals surface area (Å²) in [5, 5.41) is 10.9. The van der Waals surface area contributed by atoms with Gasteiger partial charge in [-0.05, 0) is 42.5 Å². The average Bonchev–Trinajstić information content (AvgIpc) is 2.46. The number of hydrogen-bond donors (Lipinski definition) is 1. The zero-order valence-corrected chi connectivity index (χ0v) is 11.5. The molecule has 1 aromatic heterocycles. The number of hydrogen-bond acceptors (Lipinski definition) is 4. The minimum Gasteiger partial charge on any atom is -0.508 e. The summed E-state index contributed by atoms with van der Waals surface area (Å²) in [6.45, 7) is 0. The molecule has 0 bridgehead atoms. The van der Waals surface area contributed by atoms with Gasteiger partial charge in [0.15, 0.2) is 0 Å². The van der Waals surface area contributed by atoms with Crippen molar-refractivity contribution in [2.75, 3.05) is 11.9 Å². The van der Waals surface area contributed by atoms with Gasteiger partial charge >= 0.3 is 0 Å². The van der Waals surface area contributed by atoms with Crippen LogP contribution in [-0.4, -0.2) is 22.1 Å². The van der Waals surface area contributed by atoms with E-state index in [0.717, 1.165) is 22.4 Å². The van der Waals surface area contributed by atoms with Crippen molar-refractivity contribution in [1.82, 2.24) is 9.97 Å². The Labute approximate surface area is 121 Å². The van der Waals surface area contributed by atoms with Gasteiger partial charge in [-0.2, -0.15) is 0 Å². The minimum atomic E-state index is 0.237. The van der Waals surface area contributed by atoms with Crippen LogP contribution >= 0.6 is 11.6 Å². The number of aromatic nitrogens is 2. The van der Waals surface area contributed by atoms with E-state index in [4.69, 9.17) is 11.6 Å². The van der Waals surface area contributed by atoms with Gasteiger partial charge in [0.05, 0.1) is 5.52 Å². The monoisotopic (exact) mass is 285 g/mol. The van der Waals surface area contributed by atoms with E-state index >= 15 is 0 Å². The molecule has 4 nitrogen and oxygen atoms in total. The fourth-order valence-corrected chi connectivity index (χ4v) is 2.25. The van der Waals surface area contributed by atoms with Crippen molar-refractivity contribution in [3.05, 3.63) is 53.8 Å². The summed E-state index contributed by atoms with van der Waals surface area (Å²) < 4.78 is 0. The lowest BCUT2D eigenvalue weighted by Gasteiger charge is -2.19. The predicted molar refractivity (Wildman–Crippen MR) is 80.7 cm³/mol. The molecule has 1 heterocycles. The van der Waals surface area contributed by atoms with E-state index in [2.05, 4.69) is 9.97 Å². The summed E-state index contributed by atoms with van der Waals surface area (Å²) in [6, 6.07) is 12.5. The van der Waals surface area contributed by atoms with Gasteiger partial charge in [-0.1, -0.05) is 11.6 Å². The predicted octanol–water partition coefficient (Wildman–Crippen LogP) is 3.76. The lowest BCUT2D eigenvalue weighted by molar-refractivity contribution is 0.475. The molecule has 0 saturated heterocycles. The van der Waals surface area contributed by atoms with Crippen molar-refractivity contribution >= 4 is 34.0 Å². The van der Waals surface area contributed by atoms with Gasteiger partial charge in [-0.15, -0.1) is 0 Å². The van der Waals surface area contributed by atoms with E-state index < -0.39 is 0 Å². The summed E-state index contributed by atoms with van der Waals surface area (Å²) in [5.74, 6) is 1.03. The molecule has 0 spiro atoms. The third kappa shape index (κ3) is 2.26. The highest BCUT2D eigenvalue weighted by molar-refractivity contribution is 6.31. The van der Waals surface area contributed by atoms with E-state index in [9.17, 15) is 5.11 Å². The molecule has 0 aliphatic heterocycles. The standard InChI is InChI=1S/C15H12ClN3O/c1-19(11-3-5-12(20)6-4-11)15-13-7-2-10(16)8-14(13)17-9-18-15/h2-9,20H,1H3. The number of rotatable bonds is 2. The molecule has 1 N–H and O–H groups in total. The zero-order chi connectivity index (χ0) is 14.1. The number of phenolic OH excluding ortho intramolecular Hbond substituents is 1. The third-order valence-electron chi connectivity index (χ3n) is 3.13. The highest BCUT2D eigenvalue weighted by atomic mass is 35.5. The molecule has 0 atom stereocenters. The van der Waals surface area contributed by atoms with E-state index in [1.165, 1.54) is 6.33 Å². The molecular formula is C15H12ClN3O. The topological polar surface area (TPSA) is 49.2 Å². The van der Waals surface area contributed by atoms with Gasteiger partial charge in [-0.3, -0.25) is 0 Å². The molecule has 0 unspecified atom stereocenters. The van der Waals surface area contributed by atoms with Crippen molar-refractivity contribution in [3.8, 4) is 5.75 Å². The highest BCUT2D eigenvalue weighted by Crippen LogP contribution is 2.29. The van der Waals surface area contributed by atoms with Gasteiger partial charge < -0.3 is 10.0 Å². The summed E-state index contributed by atoms with van der Waals surface area (Å²) in [5.41, 5.74) is 1.73. The molecule has 100 valence electrons. The molecule has 3 rings (SSSR count). The molecule has 3 aromatic rings. The van der Waals surface area contributed by atoms with Crippen LogP contribution in [0.15, 0.2) is 48.8 Å². The summed E-state index contributed by atoms with van der Waals surface area (Å²) in [6.07, 6.45) is 1.52. The first-order valence-electron chi connectivity index (χ1n) is 6.08. The zero-order valence-electron chi connectivity index (χ0n) is 10.8. The summed E-state index contributed by atoms with van der Waals surface area (Å²) >= 11 is 5.98. The van der Waals surface area contributed by atoms with E-state index in [1.807, 2.05) is 42.3 Å². The Hall–Kier alpha value is -2.33. The van der Waals surface area contributed by atoms with E-state index in [-0.39, 0.29) is 5.75 Å². The largest absolute Gasteiger partial charge is 0.508 e. The van der Waals surface area contributed by atoms with Gasteiger partial charge in [0, 0.05) is 23.1 Å². The molecule has 2 aromatic carbocycles. The lowest BCUT2D eigenvalue weighted by atomic mass is 10.2. The quantitative estimate of drug-likeness (QED) is 0.779. The van der Waals surface area contributed by atoms with Crippen molar-refractivity contribution in [2.24, 2.45) is 0 Å². The van der Waals surface area contributed by atoms with Crippen LogP contribution in [0.1, 0.15) is 0 Å². The lowest BCUT2D eigenvalue weighted by Crippen LogP contribution is -2.11. The number of benzene rings is 2. The molecule has 0 radical (unpaired) electrons. The number of aromatic hydroxyl groups is 1. The second kappa shape index (κ2) is 4.98. The molecule has 0 saturated carbocycles. The van der Waals surface area contributed by atoms with Crippen LogP contribution in [0.2, 0.25) is 5.02 Å². The summed E-state index contributed by atoms with van der Waals surface area (Å²) in [4.78, 5) is 10.5. The molecular weight excluding hydrogens is 274 g/mol. The van der Waals surface area contributed by atoms with Crippen LogP contribution in [0.3, 0.4) is 0 Å². The van der Waals surface area contributed by atoms with Gasteiger partial charge in [0.1, 0.15) is 17.9 Å². The second-order valence-corrected chi connectivity index (χ2v) is 4.87. The number of fused-ring (bicyclic) bond motifs is 1. The molecule has 0 aliphatic carbocycles. The van der Waals surface area contributed by atoms with Crippen LogP contribution in [0, 0.1) is 0 Å². The molecule has 0 aliphatic rings. The van der Waals surface area contributed by atoms with Crippen LogP contribution in [0.4, 0.5) is 11.5 Å². The molecule has 0 amide bonds. The second-order valence-electron chi connectivity index (χ2n) is 4.43. The van der Waals surface area contributed by atoms with E-state index in [1.54, 1.807) is 12.1 Å². The molecule has 0 fully saturated rings. The Balaban J connectivity index is 2.11. The van der Waals surface area contributed by atoms with Crippen LogP contribution in [0.25, 0.3) is 10.9 Å². The number of phenols is 1. The van der Waals surface area contributed by atoms with Crippen LogP contribution in [-0.2, 0) is 0 Å². The SMILES string of the molecule is CN(c1ccc(O)cc1)c1ncnc2cc(Cl)ccc12. The Bertz CT molecular complexity index is 759. The fraction of sp³-hybridized carbons (Fsp3) is 0.0667. The summed E-state index contributed by atoms with van der Waals surface area (Å²) in [7, 11) is 1.92. The number of anilines is 2. The van der Waals surface area contributed by atoms with Crippen molar-refractivity contribution < 1.29 is 5.11 Å². The first-order chi connectivity index (χ1) is 9.65. The highest BCUT2D eigenvalue weighted by Gasteiger charge is 2.10. The minimum absolute atomic E-state index is 0.237. The average molecular weight is 286 g/mol. The van der Waals surface area contributed by atoms with E-state index in [0.29, 0.717) is 5.02 Å². The van der Waals surface area contributed by atoms with Crippen molar-refractivity contribution in [3.63, 3.8) is 0 Å². The molecule has 20 heavy (non-hydrogen) atoms.